The summed E-state index contributed by atoms with van der Waals surface area (Å²) in [5.41, 5.74) is 0.824. The van der Waals surface area contributed by atoms with Crippen molar-refractivity contribution < 1.29 is 18.7 Å². The molecule has 0 saturated heterocycles. The first-order chi connectivity index (χ1) is 13.0. The number of nitrogens with zero attached hydrogens (tertiary/aromatic N) is 3. The van der Waals surface area contributed by atoms with E-state index in [0.717, 1.165) is 0 Å². The summed E-state index contributed by atoms with van der Waals surface area (Å²) in [4.78, 5) is 12.6. The Hall–Kier alpha value is -2.87. The number of methoxy groups -OCH3 is 2. The maximum Gasteiger partial charge on any atom is 0.191 e. The Bertz CT molecular complexity index is 975. The van der Waals surface area contributed by atoms with Crippen molar-refractivity contribution in [3.63, 3.8) is 0 Å². The van der Waals surface area contributed by atoms with Gasteiger partial charge in [-0.15, -0.1) is 10.2 Å². The highest BCUT2D eigenvalue weighted by molar-refractivity contribution is 7.99. The monoisotopic (exact) mass is 387 g/mol. The first kappa shape index (κ1) is 18.9. The maximum absolute atomic E-state index is 14.0. The van der Waals surface area contributed by atoms with Gasteiger partial charge in [-0.05, 0) is 24.3 Å². The number of benzene rings is 2. The number of carbonyl (C=O) groups excluding carboxylic acids is 1. The van der Waals surface area contributed by atoms with Gasteiger partial charge in [0.1, 0.15) is 17.3 Å². The van der Waals surface area contributed by atoms with Crippen molar-refractivity contribution in [2.75, 3.05) is 20.0 Å². The Morgan fingerprint density at radius 1 is 1.15 bits per heavy atom. The Morgan fingerprint density at radius 2 is 1.93 bits per heavy atom. The Labute approximate surface area is 160 Å². The van der Waals surface area contributed by atoms with Crippen LogP contribution in [0.15, 0.2) is 47.6 Å². The van der Waals surface area contributed by atoms with E-state index in [1.54, 1.807) is 55.1 Å². The summed E-state index contributed by atoms with van der Waals surface area (Å²) in [5.74, 6) is 1.12. The Kier molecular flexibility index (Phi) is 5.75. The predicted molar refractivity (Wildman–Crippen MR) is 101 cm³/mol. The highest BCUT2D eigenvalue weighted by Gasteiger charge is 2.18. The van der Waals surface area contributed by atoms with E-state index < -0.39 is 0 Å². The normalized spacial score (nSPS) is 10.7. The Balaban J connectivity index is 1.76. The molecule has 0 unspecified atom stereocenters. The third-order valence-corrected chi connectivity index (χ3v) is 5.01. The molecule has 1 aromatic heterocycles. The molecule has 0 fully saturated rings. The lowest BCUT2D eigenvalue weighted by atomic mass is 10.1. The minimum Gasteiger partial charge on any atom is -0.497 e. The van der Waals surface area contributed by atoms with Gasteiger partial charge in [-0.25, -0.2) is 4.39 Å². The lowest BCUT2D eigenvalue weighted by Gasteiger charge is -2.09. The summed E-state index contributed by atoms with van der Waals surface area (Å²) in [6.45, 7) is 0. The number of rotatable bonds is 7. The van der Waals surface area contributed by atoms with Gasteiger partial charge in [0.15, 0.2) is 16.8 Å². The summed E-state index contributed by atoms with van der Waals surface area (Å²) in [5, 5.41) is 8.65. The van der Waals surface area contributed by atoms with E-state index in [-0.39, 0.29) is 17.4 Å². The van der Waals surface area contributed by atoms with Crippen LogP contribution in [-0.2, 0) is 7.05 Å². The van der Waals surface area contributed by atoms with E-state index in [2.05, 4.69) is 10.2 Å². The van der Waals surface area contributed by atoms with Crippen molar-refractivity contribution in [1.82, 2.24) is 14.8 Å². The van der Waals surface area contributed by atoms with Crippen LogP contribution < -0.4 is 9.47 Å². The molecule has 0 spiro atoms. The van der Waals surface area contributed by atoms with Gasteiger partial charge in [-0.1, -0.05) is 23.9 Å². The largest absolute Gasteiger partial charge is 0.497 e. The summed E-state index contributed by atoms with van der Waals surface area (Å²) in [6, 6.07) is 11.4. The number of hydrogen-bond donors (Lipinski definition) is 0. The molecule has 8 heteroatoms. The molecule has 0 saturated carbocycles. The van der Waals surface area contributed by atoms with Crippen LogP contribution in [-0.4, -0.2) is 40.5 Å². The van der Waals surface area contributed by atoms with Gasteiger partial charge in [0, 0.05) is 13.1 Å². The summed E-state index contributed by atoms with van der Waals surface area (Å²) < 4.78 is 26.1. The summed E-state index contributed by atoms with van der Waals surface area (Å²) >= 11 is 1.23. The van der Waals surface area contributed by atoms with Crippen LogP contribution in [0.2, 0.25) is 0 Å². The van der Waals surface area contributed by atoms with Crippen molar-refractivity contribution in [3.05, 3.63) is 53.8 Å². The minimum atomic E-state index is -0.372. The number of ether oxygens (including phenoxy) is 2. The SMILES string of the molecule is COc1ccc(C(=O)CSc2nnc(-c3ccccc3F)n2C)c(OC)c1. The first-order valence-corrected chi connectivity index (χ1v) is 9.06. The van der Waals surface area contributed by atoms with E-state index in [9.17, 15) is 9.18 Å². The number of hydrogen-bond acceptors (Lipinski definition) is 6. The zero-order valence-corrected chi connectivity index (χ0v) is 15.9. The molecule has 3 rings (SSSR count). The molecule has 6 nitrogen and oxygen atoms in total. The number of Topliss-reactive ketones (excluding diaryl/α,β-unsaturated/α-hetero) is 1. The lowest BCUT2D eigenvalue weighted by molar-refractivity contribution is 0.101. The fraction of sp³-hybridized carbons (Fsp3) is 0.211. The van der Waals surface area contributed by atoms with Gasteiger partial charge in [-0.3, -0.25) is 4.79 Å². The second-order valence-electron chi connectivity index (χ2n) is 5.62. The number of halogens is 1. The van der Waals surface area contributed by atoms with E-state index >= 15 is 0 Å². The van der Waals surface area contributed by atoms with Crippen LogP contribution in [0.4, 0.5) is 4.39 Å². The molecule has 3 aromatic rings. The van der Waals surface area contributed by atoms with Gasteiger partial charge in [0.2, 0.25) is 0 Å². The van der Waals surface area contributed by atoms with Crippen LogP contribution in [0, 0.1) is 5.82 Å². The zero-order chi connectivity index (χ0) is 19.4. The average Bonchev–Trinajstić information content (AvgIpc) is 3.06. The molecule has 1 heterocycles. The fourth-order valence-electron chi connectivity index (χ4n) is 2.55. The highest BCUT2D eigenvalue weighted by atomic mass is 32.2. The molecule has 0 amide bonds. The lowest BCUT2D eigenvalue weighted by Crippen LogP contribution is -2.06. The predicted octanol–water partition coefficient (Wildman–Crippen LogP) is 3.61. The van der Waals surface area contributed by atoms with Crippen molar-refractivity contribution in [1.29, 1.82) is 0 Å². The molecule has 140 valence electrons. The molecule has 0 aliphatic heterocycles. The molecule has 0 bridgehead atoms. The van der Waals surface area contributed by atoms with Gasteiger partial charge < -0.3 is 14.0 Å². The van der Waals surface area contributed by atoms with Gasteiger partial charge in [0.25, 0.3) is 0 Å². The number of aromatic nitrogens is 3. The third kappa shape index (κ3) is 3.95. The smallest absolute Gasteiger partial charge is 0.191 e. The van der Waals surface area contributed by atoms with Gasteiger partial charge in [0.05, 0.1) is 31.1 Å². The number of carbonyl (C=O) groups is 1. The minimum absolute atomic E-state index is 0.116. The van der Waals surface area contributed by atoms with Crippen molar-refractivity contribution in [2.45, 2.75) is 5.16 Å². The van der Waals surface area contributed by atoms with Gasteiger partial charge in [-0.2, -0.15) is 0 Å². The van der Waals surface area contributed by atoms with E-state index in [1.165, 1.54) is 24.9 Å². The fourth-order valence-corrected chi connectivity index (χ4v) is 3.35. The van der Waals surface area contributed by atoms with Crippen LogP contribution in [0.3, 0.4) is 0 Å². The molecule has 0 atom stereocenters. The quantitative estimate of drug-likeness (QED) is 0.456. The summed E-state index contributed by atoms with van der Waals surface area (Å²) in [6.07, 6.45) is 0. The summed E-state index contributed by atoms with van der Waals surface area (Å²) in [7, 11) is 4.79. The third-order valence-electron chi connectivity index (χ3n) is 3.99. The highest BCUT2D eigenvalue weighted by Crippen LogP contribution is 2.28. The average molecular weight is 387 g/mol. The molecular formula is C19H18FN3O3S. The number of ketones is 1. The molecular weight excluding hydrogens is 369 g/mol. The van der Waals surface area contributed by atoms with Crippen molar-refractivity contribution in [3.8, 4) is 22.9 Å². The zero-order valence-electron chi connectivity index (χ0n) is 15.1. The molecule has 0 aliphatic rings. The molecule has 27 heavy (non-hydrogen) atoms. The van der Waals surface area contributed by atoms with E-state index in [4.69, 9.17) is 9.47 Å². The second-order valence-corrected chi connectivity index (χ2v) is 6.57. The van der Waals surface area contributed by atoms with E-state index in [0.29, 0.717) is 33.6 Å². The second kappa shape index (κ2) is 8.22. The van der Waals surface area contributed by atoms with Crippen LogP contribution >= 0.6 is 11.8 Å². The Morgan fingerprint density at radius 3 is 2.63 bits per heavy atom. The maximum atomic E-state index is 14.0. The van der Waals surface area contributed by atoms with Crippen LogP contribution in [0.1, 0.15) is 10.4 Å². The standard InChI is InChI=1S/C19H18FN3O3S/c1-23-18(13-6-4-5-7-15(13)20)21-22-19(23)27-11-16(24)14-9-8-12(25-2)10-17(14)26-3/h4-10H,11H2,1-3H3. The van der Waals surface area contributed by atoms with Crippen LogP contribution in [0.25, 0.3) is 11.4 Å². The first-order valence-electron chi connectivity index (χ1n) is 8.07. The topological polar surface area (TPSA) is 66.2 Å². The molecule has 2 aromatic carbocycles. The molecule has 0 aliphatic carbocycles. The van der Waals surface area contributed by atoms with Crippen molar-refractivity contribution >= 4 is 17.5 Å². The van der Waals surface area contributed by atoms with Crippen LogP contribution in [0.5, 0.6) is 11.5 Å². The molecule has 0 radical (unpaired) electrons. The van der Waals surface area contributed by atoms with Gasteiger partial charge >= 0.3 is 0 Å². The molecule has 0 N–H and O–H groups in total. The van der Waals surface area contributed by atoms with E-state index in [1.807, 2.05) is 0 Å². The number of thioether (sulfide) groups is 1. The van der Waals surface area contributed by atoms with Crippen molar-refractivity contribution in [2.24, 2.45) is 7.05 Å².